The van der Waals surface area contributed by atoms with Gasteiger partial charge in [-0.05, 0) is 58.3 Å². The topological polar surface area (TPSA) is 0 Å². The molecule has 0 spiro atoms. The van der Waals surface area contributed by atoms with E-state index in [1.807, 2.05) is 24.3 Å². The lowest BCUT2D eigenvalue weighted by molar-refractivity contribution is 0.536. The fourth-order valence-corrected chi connectivity index (χ4v) is 3.71. The Labute approximate surface area is 148 Å². The number of halogens is 4. The molecule has 20 heavy (non-hydrogen) atoms. The van der Waals surface area contributed by atoms with E-state index in [1.165, 1.54) is 9.13 Å². The van der Waals surface area contributed by atoms with Crippen LogP contribution < -0.4 is 0 Å². The summed E-state index contributed by atoms with van der Waals surface area (Å²) >= 11 is 21.2. The summed E-state index contributed by atoms with van der Waals surface area (Å²) < 4.78 is 1.21. The van der Waals surface area contributed by atoms with Crippen molar-refractivity contribution in [1.29, 1.82) is 0 Å². The van der Waals surface area contributed by atoms with E-state index in [4.69, 9.17) is 34.8 Å². The van der Waals surface area contributed by atoms with Gasteiger partial charge in [-0.15, -0.1) is 23.2 Å². The van der Waals surface area contributed by atoms with E-state index in [9.17, 15) is 0 Å². The highest BCUT2D eigenvalue weighted by Gasteiger charge is 2.32. The van der Waals surface area contributed by atoms with E-state index in [0.717, 1.165) is 17.0 Å². The molecule has 0 unspecified atom stereocenters. The molecule has 0 aliphatic rings. The van der Waals surface area contributed by atoms with Crippen molar-refractivity contribution >= 4 is 57.4 Å². The summed E-state index contributed by atoms with van der Waals surface area (Å²) in [6, 6.07) is 16.2. The van der Waals surface area contributed by atoms with Gasteiger partial charge in [0.2, 0.25) is 0 Å². The lowest BCUT2D eigenvalue weighted by Crippen LogP contribution is -2.33. The smallest absolute Gasteiger partial charge is 0.0444 e. The van der Waals surface area contributed by atoms with Gasteiger partial charge < -0.3 is 0 Å². The average molecular weight is 440 g/mol. The number of benzene rings is 2. The maximum Gasteiger partial charge on any atom is 0.0444 e. The zero-order valence-corrected chi connectivity index (χ0v) is 15.2. The molecule has 2 aromatic carbocycles. The van der Waals surface area contributed by atoms with Crippen LogP contribution in [0.1, 0.15) is 11.1 Å². The van der Waals surface area contributed by atoms with E-state index in [2.05, 4.69) is 46.9 Å². The normalized spacial score (nSPS) is 11.6. The molecule has 2 aromatic rings. The Morgan fingerprint density at radius 3 is 2.05 bits per heavy atom. The molecule has 2 rings (SSSR count). The van der Waals surface area contributed by atoms with Crippen molar-refractivity contribution in [3.05, 3.63) is 68.3 Å². The first-order chi connectivity index (χ1) is 9.61. The second kappa shape index (κ2) is 7.35. The highest BCUT2D eigenvalue weighted by atomic mass is 127. The van der Waals surface area contributed by atoms with E-state index >= 15 is 0 Å². The van der Waals surface area contributed by atoms with Crippen molar-refractivity contribution in [2.75, 3.05) is 11.8 Å². The van der Waals surface area contributed by atoms with Crippen molar-refractivity contribution in [2.45, 2.75) is 11.8 Å². The van der Waals surface area contributed by atoms with Crippen LogP contribution in [0.5, 0.6) is 0 Å². The molecule has 0 fully saturated rings. The van der Waals surface area contributed by atoms with Crippen LogP contribution in [0.15, 0.2) is 48.5 Å². The van der Waals surface area contributed by atoms with Crippen molar-refractivity contribution in [1.82, 2.24) is 0 Å². The number of alkyl halides is 2. The van der Waals surface area contributed by atoms with Crippen LogP contribution in [0, 0.1) is 3.57 Å². The summed E-state index contributed by atoms with van der Waals surface area (Å²) in [5.74, 6) is 0.873. The van der Waals surface area contributed by atoms with E-state index in [-0.39, 0.29) is 5.41 Å². The van der Waals surface area contributed by atoms with Crippen LogP contribution >= 0.6 is 57.4 Å². The van der Waals surface area contributed by atoms with Gasteiger partial charge in [0.05, 0.1) is 0 Å². The molecule has 0 nitrogen and oxygen atoms in total. The van der Waals surface area contributed by atoms with Gasteiger partial charge in [0.1, 0.15) is 0 Å². The van der Waals surface area contributed by atoms with Crippen molar-refractivity contribution in [2.24, 2.45) is 0 Å². The fourth-order valence-electron chi connectivity index (χ4n) is 2.25. The summed E-state index contributed by atoms with van der Waals surface area (Å²) in [5, 5.41) is 0.722. The minimum Gasteiger partial charge on any atom is -0.126 e. The molecule has 106 valence electrons. The molecule has 0 heterocycles. The second-order valence-electron chi connectivity index (χ2n) is 4.83. The Morgan fingerprint density at radius 2 is 1.50 bits per heavy atom. The molecule has 4 heteroatoms. The molecule has 0 radical (unpaired) electrons. The lowest BCUT2D eigenvalue weighted by atomic mass is 9.78. The molecular formula is C16H14Cl3I. The average Bonchev–Trinajstić information content (AvgIpc) is 2.48. The minimum atomic E-state index is -0.339. The van der Waals surface area contributed by atoms with Crippen molar-refractivity contribution < 1.29 is 0 Å². The maximum absolute atomic E-state index is 6.34. The minimum absolute atomic E-state index is 0.339. The van der Waals surface area contributed by atoms with E-state index in [0.29, 0.717) is 11.8 Å². The monoisotopic (exact) mass is 438 g/mol. The molecule has 0 N–H and O–H groups in total. The van der Waals surface area contributed by atoms with E-state index < -0.39 is 0 Å². The van der Waals surface area contributed by atoms with Crippen LogP contribution in [-0.2, 0) is 11.8 Å². The van der Waals surface area contributed by atoms with Gasteiger partial charge >= 0.3 is 0 Å². The fraction of sp³-hybridized carbons (Fsp3) is 0.250. The summed E-state index contributed by atoms with van der Waals surface area (Å²) in [7, 11) is 0. The Balaban J connectivity index is 2.39. The summed E-state index contributed by atoms with van der Waals surface area (Å²) in [6.07, 6.45) is 0.778. The first-order valence-corrected chi connectivity index (χ1v) is 8.75. The molecule has 0 bridgehead atoms. The predicted octanol–water partition coefficient (Wildman–Crippen LogP) is 5.90. The molecule has 0 aliphatic carbocycles. The van der Waals surface area contributed by atoms with Gasteiger partial charge in [-0.25, -0.2) is 0 Å². The highest BCUT2D eigenvalue weighted by Crippen LogP contribution is 2.36. The van der Waals surface area contributed by atoms with Crippen LogP contribution in [0.25, 0.3) is 0 Å². The Morgan fingerprint density at radius 1 is 0.900 bits per heavy atom. The molecule has 0 aromatic heterocycles. The lowest BCUT2D eigenvalue weighted by Gasteiger charge is -2.31. The maximum atomic E-state index is 6.34. The Kier molecular flexibility index (Phi) is 6.03. The third-order valence-corrected chi connectivity index (χ3v) is 5.48. The summed E-state index contributed by atoms with van der Waals surface area (Å²) in [5.41, 5.74) is 1.89. The quantitative estimate of drug-likeness (QED) is 0.402. The summed E-state index contributed by atoms with van der Waals surface area (Å²) in [4.78, 5) is 0. The SMILES string of the molecule is ClCC(CCl)(Cc1ccc(I)cc1)c1ccccc1Cl. The van der Waals surface area contributed by atoms with Gasteiger partial charge in [-0.2, -0.15) is 0 Å². The first-order valence-electron chi connectivity index (χ1n) is 6.23. The standard InChI is InChI=1S/C16H14Cl3I/c17-10-16(11-18,14-3-1-2-4-15(14)19)9-12-5-7-13(20)8-6-12/h1-8H,9-11H2. The van der Waals surface area contributed by atoms with Crippen LogP contribution in [-0.4, -0.2) is 11.8 Å². The Bertz CT molecular complexity index is 562. The van der Waals surface area contributed by atoms with Crippen LogP contribution in [0.3, 0.4) is 0 Å². The third kappa shape index (κ3) is 3.62. The van der Waals surface area contributed by atoms with Gasteiger partial charge in [-0.3, -0.25) is 0 Å². The third-order valence-electron chi connectivity index (χ3n) is 3.41. The predicted molar refractivity (Wildman–Crippen MR) is 97.4 cm³/mol. The largest absolute Gasteiger partial charge is 0.126 e. The van der Waals surface area contributed by atoms with Crippen LogP contribution in [0.4, 0.5) is 0 Å². The van der Waals surface area contributed by atoms with Gasteiger partial charge in [0.25, 0.3) is 0 Å². The van der Waals surface area contributed by atoms with E-state index in [1.54, 1.807) is 0 Å². The molecule has 0 aliphatic heterocycles. The van der Waals surface area contributed by atoms with Gasteiger partial charge in [-0.1, -0.05) is 41.9 Å². The molecule has 0 saturated carbocycles. The van der Waals surface area contributed by atoms with Gasteiger partial charge in [0.15, 0.2) is 0 Å². The number of rotatable bonds is 5. The zero-order chi connectivity index (χ0) is 14.6. The van der Waals surface area contributed by atoms with Crippen molar-refractivity contribution in [3.8, 4) is 0 Å². The highest BCUT2D eigenvalue weighted by molar-refractivity contribution is 14.1. The molecule has 0 amide bonds. The van der Waals surface area contributed by atoms with Crippen LogP contribution in [0.2, 0.25) is 5.02 Å². The summed E-state index contributed by atoms with van der Waals surface area (Å²) in [6.45, 7) is 0. The molecule has 0 atom stereocenters. The first kappa shape index (κ1) is 16.4. The molecule has 0 saturated heterocycles. The number of hydrogen-bond acceptors (Lipinski definition) is 0. The van der Waals surface area contributed by atoms with Gasteiger partial charge in [0, 0.05) is 25.8 Å². The molecular weight excluding hydrogens is 425 g/mol. The van der Waals surface area contributed by atoms with Crippen molar-refractivity contribution in [3.63, 3.8) is 0 Å². The number of hydrogen-bond donors (Lipinski definition) is 0. The zero-order valence-electron chi connectivity index (χ0n) is 10.8. The second-order valence-corrected chi connectivity index (χ2v) is 7.02. The Hall–Kier alpha value is 0.0400.